The van der Waals surface area contributed by atoms with Crippen LogP contribution in [0.4, 0.5) is 0 Å². The third-order valence-corrected chi connectivity index (χ3v) is 1.25. The molecule has 0 heterocycles. The molecule has 0 radical (unpaired) electrons. The van der Waals surface area contributed by atoms with Gasteiger partial charge in [-0.3, -0.25) is 0 Å². The molecule has 0 saturated heterocycles. The van der Waals surface area contributed by atoms with Gasteiger partial charge < -0.3 is 15.5 Å². The van der Waals surface area contributed by atoms with Gasteiger partial charge in [0, 0.05) is 0 Å². The second-order valence-corrected chi connectivity index (χ2v) is 1.95. The van der Waals surface area contributed by atoms with E-state index in [1.54, 1.807) is 6.92 Å². The molecular weight excluding hydrogens is 138 g/mol. The summed E-state index contributed by atoms with van der Waals surface area (Å²) in [6.07, 6.45) is 0. The van der Waals surface area contributed by atoms with E-state index in [2.05, 4.69) is 5.28 Å². The van der Waals surface area contributed by atoms with Crippen molar-refractivity contribution >= 4 is 0 Å². The maximum absolute atomic E-state index is 10.4. The van der Waals surface area contributed by atoms with Gasteiger partial charge in [-0.1, -0.05) is 0 Å². The van der Waals surface area contributed by atoms with E-state index in [0.29, 0.717) is 0 Å². The maximum Gasteiger partial charge on any atom is 0.230 e. The van der Waals surface area contributed by atoms with Crippen molar-refractivity contribution in [3.63, 3.8) is 0 Å². The standard InChI is InChI=1S/C4H11N3O3/c1-4(3-8)6(2)7(10)5-9/h4,8-9H,3H2,1-2H3/t4-/m0/s1. The lowest BCUT2D eigenvalue weighted by molar-refractivity contribution is -0.711. The van der Waals surface area contributed by atoms with Gasteiger partial charge in [0.05, 0.1) is 18.6 Å². The molecular formula is C4H11N3O3. The van der Waals surface area contributed by atoms with Gasteiger partial charge in [0.1, 0.15) is 6.04 Å². The first-order chi connectivity index (χ1) is 4.63. The maximum atomic E-state index is 10.4. The number of hydrogen-bond donors (Lipinski definition) is 2. The Kier molecular flexibility index (Phi) is 3.48. The van der Waals surface area contributed by atoms with Gasteiger partial charge in [-0.15, -0.1) is 5.01 Å². The topological polar surface area (TPSA) is 82.1 Å². The molecule has 0 aromatic rings. The molecule has 60 valence electrons. The van der Waals surface area contributed by atoms with Crippen molar-refractivity contribution in [3.8, 4) is 0 Å². The Morgan fingerprint density at radius 1 is 1.80 bits per heavy atom. The van der Waals surface area contributed by atoms with Crippen LogP contribution in [0.15, 0.2) is 5.28 Å². The third kappa shape index (κ3) is 2.06. The summed E-state index contributed by atoms with van der Waals surface area (Å²) in [5.74, 6) is 0. The van der Waals surface area contributed by atoms with E-state index in [9.17, 15) is 5.21 Å². The van der Waals surface area contributed by atoms with Gasteiger partial charge in [-0.25, -0.2) is 0 Å². The zero-order valence-corrected chi connectivity index (χ0v) is 5.93. The van der Waals surface area contributed by atoms with Crippen LogP contribution in [-0.2, 0) is 0 Å². The molecule has 0 spiro atoms. The van der Waals surface area contributed by atoms with Crippen LogP contribution in [-0.4, -0.2) is 40.0 Å². The first-order valence-corrected chi connectivity index (χ1v) is 2.79. The lowest BCUT2D eigenvalue weighted by atomic mass is 10.4. The Morgan fingerprint density at radius 2 is 2.30 bits per heavy atom. The predicted molar refractivity (Wildman–Crippen MR) is 32.2 cm³/mol. The Bertz CT molecular complexity index is 127. The molecule has 0 fully saturated rings. The van der Waals surface area contributed by atoms with E-state index < -0.39 is 0 Å². The fourth-order valence-electron chi connectivity index (χ4n) is 0.350. The van der Waals surface area contributed by atoms with Crippen molar-refractivity contribution in [2.75, 3.05) is 13.7 Å². The molecule has 0 amide bonds. The van der Waals surface area contributed by atoms with Crippen LogP contribution in [0.1, 0.15) is 6.92 Å². The molecule has 10 heavy (non-hydrogen) atoms. The van der Waals surface area contributed by atoms with Gasteiger partial charge in [0.15, 0.2) is 0 Å². The SMILES string of the molecule is C[C@@H](CO)N(C)[N+]([O-])=NO. The molecule has 0 aliphatic rings. The average molecular weight is 149 g/mol. The van der Waals surface area contributed by atoms with Crippen LogP contribution < -0.4 is 0 Å². The van der Waals surface area contributed by atoms with Crippen LogP contribution in [0.5, 0.6) is 0 Å². The van der Waals surface area contributed by atoms with Gasteiger partial charge in [-0.05, 0) is 6.92 Å². The van der Waals surface area contributed by atoms with Crippen LogP contribution >= 0.6 is 0 Å². The van der Waals surface area contributed by atoms with Gasteiger partial charge in [0.25, 0.3) is 0 Å². The number of nitrogens with zero attached hydrogens (tertiary/aromatic N) is 3. The zero-order valence-electron chi connectivity index (χ0n) is 5.93. The molecule has 2 N–H and O–H groups in total. The van der Waals surface area contributed by atoms with Crippen molar-refractivity contribution in [1.82, 2.24) is 5.01 Å². The summed E-state index contributed by atoms with van der Waals surface area (Å²) in [6, 6.07) is -0.353. The van der Waals surface area contributed by atoms with Gasteiger partial charge >= 0.3 is 0 Å². The Balaban J connectivity index is 3.94. The molecule has 6 heteroatoms. The number of aliphatic hydroxyl groups excluding tert-OH is 1. The minimum Gasteiger partial charge on any atom is -0.569 e. The van der Waals surface area contributed by atoms with Crippen molar-refractivity contribution in [2.45, 2.75) is 13.0 Å². The highest BCUT2D eigenvalue weighted by Gasteiger charge is 2.13. The van der Waals surface area contributed by atoms with Crippen LogP contribution in [0.2, 0.25) is 0 Å². The second kappa shape index (κ2) is 3.89. The van der Waals surface area contributed by atoms with Gasteiger partial charge in [0.2, 0.25) is 5.28 Å². The minimum atomic E-state index is -0.353. The highest BCUT2D eigenvalue weighted by Crippen LogP contribution is 1.93. The average Bonchev–Trinajstić information content (AvgIpc) is 2.00. The molecule has 0 aromatic carbocycles. The van der Waals surface area contributed by atoms with E-state index in [-0.39, 0.29) is 17.6 Å². The summed E-state index contributed by atoms with van der Waals surface area (Å²) < 4.78 is 0. The van der Waals surface area contributed by atoms with Crippen LogP contribution in [0.25, 0.3) is 0 Å². The van der Waals surface area contributed by atoms with Crippen LogP contribution in [0.3, 0.4) is 0 Å². The Morgan fingerprint density at radius 3 is 2.60 bits per heavy atom. The minimum absolute atomic E-state index is 0.000880. The summed E-state index contributed by atoms with van der Waals surface area (Å²) in [6.45, 7) is 1.46. The second-order valence-electron chi connectivity index (χ2n) is 1.95. The molecule has 0 aliphatic carbocycles. The molecule has 1 atom stereocenters. The number of rotatable bonds is 3. The van der Waals surface area contributed by atoms with Crippen molar-refractivity contribution < 1.29 is 15.3 Å². The van der Waals surface area contributed by atoms with E-state index in [1.807, 2.05) is 0 Å². The smallest absolute Gasteiger partial charge is 0.230 e. The Labute approximate surface area is 58.5 Å². The van der Waals surface area contributed by atoms with Crippen molar-refractivity contribution in [3.05, 3.63) is 5.21 Å². The highest BCUT2D eigenvalue weighted by molar-refractivity contribution is 4.49. The van der Waals surface area contributed by atoms with E-state index in [0.717, 1.165) is 5.01 Å². The summed E-state index contributed by atoms with van der Waals surface area (Å²) in [5.41, 5.74) is 0. The van der Waals surface area contributed by atoms with Crippen molar-refractivity contribution in [1.29, 1.82) is 0 Å². The fourth-order valence-corrected chi connectivity index (χ4v) is 0.350. The lowest BCUT2D eigenvalue weighted by Crippen LogP contribution is -2.37. The summed E-state index contributed by atoms with van der Waals surface area (Å²) in [4.78, 5) is 0.000880. The number of hydrogen-bond acceptors (Lipinski definition) is 3. The number of aliphatic hydroxyl groups is 1. The predicted octanol–water partition coefficient (Wildman–Crippen LogP) is -0.434. The molecule has 0 bridgehead atoms. The summed E-state index contributed by atoms with van der Waals surface area (Å²) >= 11 is 0. The largest absolute Gasteiger partial charge is 0.569 e. The highest BCUT2D eigenvalue weighted by atomic mass is 16.6. The monoisotopic (exact) mass is 149 g/mol. The molecule has 0 rings (SSSR count). The summed E-state index contributed by atoms with van der Waals surface area (Å²) in [5, 5.41) is 30.3. The summed E-state index contributed by atoms with van der Waals surface area (Å²) in [7, 11) is 1.41. The first-order valence-electron chi connectivity index (χ1n) is 2.79. The molecule has 0 saturated carbocycles. The fraction of sp³-hybridized carbons (Fsp3) is 1.00. The normalized spacial score (nSPS) is 14.9. The van der Waals surface area contributed by atoms with E-state index >= 15 is 0 Å². The third-order valence-electron chi connectivity index (χ3n) is 1.25. The molecule has 0 aromatic heterocycles. The first kappa shape index (κ1) is 8.96. The molecule has 0 aliphatic heterocycles. The Hall–Kier alpha value is -1.04. The molecule has 0 unspecified atom stereocenters. The number of likely N-dealkylation sites (N-methyl/N-ethyl adjacent to an activating group) is 1. The van der Waals surface area contributed by atoms with Gasteiger partial charge in [-0.2, -0.15) is 0 Å². The zero-order chi connectivity index (χ0) is 8.15. The number of hydrazine groups is 1. The van der Waals surface area contributed by atoms with E-state index in [4.69, 9.17) is 10.3 Å². The quantitative estimate of drug-likeness (QED) is 0.324. The van der Waals surface area contributed by atoms with Crippen molar-refractivity contribution in [2.24, 2.45) is 5.28 Å². The van der Waals surface area contributed by atoms with E-state index in [1.165, 1.54) is 7.05 Å². The lowest BCUT2D eigenvalue weighted by Gasteiger charge is -2.16. The van der Waals surface area contributed by atoms with Crippen LogP contribution in [0, 0.1) is 5.21 Å². The molecule has 6 nitrogen and oxygen atoms in total.